The van der Waals surface area contributed by atoms with Crippen LogP contribution in [0.25, 0.3) is 0 Å². The molecule has 15 heavy (non-hydrogen) atoms. The number of piperazine rings is 1. The first-order chi connectivity index (χ1) is 7.18. The van der Waals surface area contributed by atoms with Crippen molar-refractivity contribution in [2.45, 2.75) is 18.5 Å². The molecule has 0 bridgehead atoms. The first kappa shape index (κ1) is 10.9. The molecule has 2 N–H and O–H groups in total. The Bertz CT molecular complexity index is 241. The fraction of sp³-hybridized carbons (Fsp3) is 0.900. The Hall–Kier alpha value is -0.650. The molecule has 2 heterocycles. The second kappa shape index (κ2) is 4.47. The third-order valence-corrected chi connectivity index (χ3v) is 3.52. The number of likely N-dealkylation sites (N-methyl/N-ethyl adjacent to an activating group) is 1. The summed E-state index contributed by atoms with van der Waals surface area (Å²) in [5, 5.41) is 12.4. The minimum atomic E-state index is -0.701. The molecule has 0 aromatic heterocycles. The van der Waals surface area contributed by atoms with Gasteiger partial charge in [-0.1, -0.05) is 0 Å². The highest BCUT2D eigenvalue weighted by Gasteiger charge is 2.33. The van der Waals surface area contributed by atoms with E-state index in [1.807, 2.05) is 11.9 Å². The summed E-state index contributed by atoms with van der Waals surface area (Å²) in [5.74, 6) is -0.701. The molecule has 86 valence electrons. The van der Waals surface area contributed by atoms with Crippen molar-refractivity contribution in [3.63, 3.8) is 0 Å². The quantitative estimate of drug-likeness (QED) is 0.619. The zero-order valence-corrected chi connectivity index (χ0v) is 9.15. The van der Waals surface area contributed by atoms with E-state index in [0.717, 1.165) is 32.6 Å². The van der Waals surface area contributed by atoms with E-state index >= 15 is 0 Å². The van der Waals surface area contributed by atoms with Gasteiger partial charge in [-0.05, 0) is 20.0 Å². The molecule has 2 fully saturated rings. The summed E-state index contributed by atoms with van der Waals surface area (Å²) in [5.41, 5.74) is 0. The molecule has 0 aliphatic carbocycles. The van der Waals surface area contributed by atoms with E-state index in [9.17, 15) is 4.79 Å². The highest BCUT2D eigenvalue weighted by Crippen LogP contribution is 2.15. The molecule has 0 radical (unpaired) electrons. The third-order valence-electron chi connectivity index (χ3n) is 3.52. The first-order valence-corrected chi connectivity index (χ1v) is 5.56. The second-order valence-corrected chi connectivity index (χ2v) is 4.48. The molecule has 0 saturated carbocycles. The Morgan fingerprint density at radius 2 is 2.27 bits per heavy atom. The van der Waals surface area contributed by atoms with E-state index in [1.54, 1.807) is 0 Å². The van der Waals surface area contributed by atoms with Gasteiger partial charge in [0.1, 0.15) is 6.04 Å². The van der Waals surface area contributed by atoms with Gasteiger partial charge in [-0.2, -0.15) is 0 Å². The van der Waals surface area contributed by atoms with E-state index in [4.69, 9.17) is 5.11 Å². The number of carboxylic acid groups (broad SMARTS) is 1. The lowest BCUT2D eigenvalue weighted by Gasteiger charge is -2.39. The molecule has 2 rings (SSSR count). The summed E-state index contributed by atoms with van der Waals surface area (Å²) in [7, 11) is 1.89. The minimum Gasteiger partial charge on any atom is -0.480 e. The predicted octanol–water partition coefficient (Wildman–Crippen LogP) is -0.951. The van der Waals surface area contributed by atoms with Gasteiger partial charge >= 0.3 is 5.97 Å². The molecular formula is C10H19N3O2. The van der Waals surface area contributed by atoms with Gasteiger partial charge in [0.05, 0.1) is 0 Å². The smallest absolute Gasteiger partial charge is 0.322 e. The lowest BCUT2D eigenvalue weighted by Crippen LogP contribution is -2.57. The lowest BCUT2D eigenvalue weighted by atomic mass is 10.1. The average Bonchev–Trinajstić information content (AvgIpc) is 2.71. The van der Waals surface area contributed by atoms with E-state index in [1.165, 1.54) is 0 Å². The maximum absolute atomic E-state index is 11.0. The van der Waals surface area contributed by atoms with Crippen LogP contribution in [0.15, 0.2) is 0 Å². The number of nitrogens with one attached hydrogen (secondary N) is 1. The number of aliphatic carboxylic acids is 1. The van der Waals surface area contributed by atoms with E-state index < -0.39 is 5.97 Å². The van der Waals surface area contributed by atoms with Gasteiger partial charge in [-0.3, -0.25) is 14.6 Å². The van der Waals surface area contributed by atoms with Gasteiger partial charge in [-0.25, -0.2) is 0 Å². The summed E-state index contributed by atoms with van der Waals surface area (Å²) in [6.45, 7) is 4.59. The van der Waals surface area contributed by atoms with Gasteiger partial charge in [0.2, 0.25) is 0 Å². The van der Waals surface area contributed by atoms with Crippen molar-refractivity contribution in [3.05, 3.63) is 0 Å². The SMILES string of the molecule is CN1CCN(C2CCNC2)CC1C(=O)O. The Morgan fingerprint density at radius 3 is 2.87 bits per heavy atom. The van der Waals surface area contributed by atoms with Gasteiger partial charge < -0.3 is 10.4 Å². The van der Waals surface area contributed by atoms with Crippen molar-refractivity contribution in [2.24, 2.45) is 0 Å². The summed E-state index contributed by atoms with van der Waals surface area (Å²) in [6, 6.07) is 0.208. The molecule has 2 aliphatic heterocycles. The average molecular weight is 213 g/mol. The topological polar surface area (TPSA) is 55.8 Å². The Labute approximate surface area is 90.0 Å². The van der Waals surface area contributed by atoms with Gasteiger partial charge in [-0.15, -0.1) is 0 Å². The van der Waals surface area contributed by atoms with Crippen LogP contribution in [0.1, 0.15) is 6.42 Å². The fourth-order valence-electron chi connectivity index (χ4n) is 2.44. The highest BCUT2D eigenvalue weighted by atomic mass is 16.4. The number of nitrogens with zero attached hydrogens (tertiary/aromatic N) is 2. The minimum absolute atomic E-state index is 0.334. The van der Waals surface area contributed by atoms with E-state index in [0.29, 0.717) is 12.6 Å². The molecule has 5 nitrogen and oxygen atoms in total. The maximum atomic E-state index is 11.0. The predicted molar refractivity (Wildman–Crippen MR) is 56.9 cm³/mol. The normalized spacial score (nSPS) is 34.5. The molecular weight excluding hydrogens is 194 g/mol. The zero-order chi connectivity index (χ0) is 10.8. The van der Waals surface area contributed by atoms with Crippen LogP contribution < -0.4 is 5.32 Å². The number of hydrogen-bond donors (Lipinski definition) is 2. The Balaban J connectivity index is 1.95. The standard InChI is InChI=1S/C10H19N3O2/c1-12-4-5-13(7-9(12)10(14)15)8-2-3-11-6-8/h8-9,11H,2-7H2,1H3,(H,14,15). The maximum Gasteiger partial charge on any atom is 0.322 e. The molecule has 5 heteroatoms. The van der Waals surface area contributed by atoms with Crippen molar-refractivity contribution in [2.75, 3.05) is 39.8 Å². The number of carboxylic acids is 1. The molecule has 2 saturated heterocycles. The van der Waals surface area contributed by atoms with Crippen LogP contribution in [0.3, 0.4) is 0 Å². The van der Waals surface area contributed by atoms with Gasteiger partial charge in [0, 0.05) is 32.2 Å². The van der Waals surface area contributed by atoms with E-state index in [2.05, 4.69) is 10.2 Å². The van der Waals surface area contributed by atoms with Gasteiger partial charge in [0.25, 0.3) is 0 Å². The van der Waals surface area contributed by atoms with Crippen molar-refractivity contribution < 1.29 is 9.90 Å². The molecule has 0 aromatic rings. The lowest BCUT2D eigenvalue weighted by molar-refractivity contribution is -0.145. The first-order valence-electron chi connectivity index (χ1n) is 5.56. The Kier molecular flexibility index (Phi) is 3.23. The molecule has 0 spiro atoms. The van der Waals surface area contributed by atoms with Crippen molar-refractivity contribution in [1.82, 2.24) is 15.1 Å². The van der Waals surface area contributed by atoms with Gasteiger partial charge in [0.15, 0.2) is 0 Å². The molecule has 0 amide bonds. The van der Waals surface area contributed by atoms with Crippen LogP contribution in [0.4, 0.5) is 0 Å². The van der Waals surface area contributed by atoms with Crippen LogP contribution in [-0.2, 0) is 4.79 Å². The van der Waals surface area contributed by atoms with Crippen LogP contribution in [0.2, 0.25) is 0 Å². The Morgan fingerprint density at radius 1 is 1.47 bits per heavy atom. The van der Waals surface area contributed by atoms with Crippen molar-refractivity contribution >= 4 is 5.97 Å². The second-order valence-electron chi connectivity index (χ2n) is 4.48. The number of rotatable bonds is 2. The molecule has 2 aliphatic rings. The largest absolute Gasteiger partial charge is 0.480 e. The number of carbonyl (C=O) groups is 1. The molecule has 0 aromatic carbocycles. The van der Waals surface area contributed by atoms with Crippen LogP contribution in [0.5, 0.6) is 0 Å². The van der Waals surface area contributed by atoms with Crippen molar-refractivity contribution in [1.29, 1.82) is 0 Å². The van der Waals surface area contributed by atoms with Crippen LogP contribution in [0, 0.1) is 0 Å². The summed E-state index contributed by atoms with van der Waals surface area (Å²) >= 11 is 0. The zero-order valence-electron chi connectivity index (χ0n) is 9.15. The monoisotopic (exact) mass is 213 g/mol. The van der Waals surface area contributed by atoms with E-state index in [-0.39, 0.29) is 6.04 Å². The van der Waals surface area contributed by atoms with Crippen LogP contribution >= 0.6 is 0 Å². The number of hydrogen-bond acceptors (Lipinski definition) is 4. The molecule has 2 atom stereocenters. The highest BCUT2D eigenvalue weighted by molar-refractivity contribution is 5.73. The molecule has 2 unspecified atom stereocenters. The fourth-order valence-corrected chi connectivity index (χ4v) is 2.44. The van der Waals surface area contributed by atoms with Crippen molar-refractivity contribution in [3.8, 4) is 0 Å². The summed E-state index contributed by atoms with van der Waals surface area (Å²) in [4.78, 5) is 15.3. The van der Waals surface area contributed by atoms with Crippen LogP contribution in [-0.4, -0.2) is 72.7 Å². The summed E-state index contributed by atoms with van der Waals surface area (Å²) in [6.07, 6.45) is 1.15. The summed E-state index contributed by atoms with van der Waals surface area (Å²) < 4.78 is 0. The third kappa shape index (κ3) is 2.30.